The molecule has 1 atom stereocenters. The third-order valence-electron chi connectivity index (χ3n) is 4.98. The van der Waals surface area contributed by atoms with Crippen LogP contribution in [0.15, 0.2) is 17.2 Å². The van der Waals surface area contributed by atoms with E-state index in [1.165, 1.54) is 17.0 Å². The number of nitrogens with two attached hydrogens (primary N) is 1. The molecule has 4 N–H and O–H groups in total. The number of fused-ring (bicyclic) bond motifs is 1. The number of nitrogens with one attached hydrogen (secondary N) is 2. The number of hydrogen-bond acceptors (Lipinski definition) is 6. The first-order chi connectivity index (χ1) is 12.9. The van der Waals surface area contributed by atoms with Gasteiger partial charge in [0, 0.05) is 5.56 Å². The first-order valence-corrected chi connectivity index (χ1v) is 9.41. The largest absolute Gasteiger partial charge is 0.383 e. The van der Waals surface area contributed by atoms with Crippen molar-refractivity contribution in [3.05, 3.63) is 39.0 Å². The van der Waals surface area contributed by atoms with E-state index in [2.05, 4.69) is 20.6 Å². The molecule has 3 rings (SSSR count). The van der Waals surface area contributed by atoms with E-state index in [0.717, 1.165) is 6.42 Å². The summed E-state index contributed by atoms with van der Waals surface area (Å²) in [7, 11) is 0. The van der Waals surface area contributed by atoms with Gasteiger partial charge in [0.25, 0.3) is 11.5 Å². The van der Waals surface area contributed by atoms with Gasteiger partial charge in [0.15, 0.2) is 0 Å². The van der Waals surface area contributed by atoms with Gasteiger partial charge in [-0.05, 0) is 25.3 Å². The summed E-state index contributed by atoms with van der Waals surface area (Å²) in [6.45, 7) is 5.87. The molecule has 0 fully saturated rings. The van der Waals surface area contributed by atoms with Gasteiger partial charge in [0.2, 0.25) is 0 Å². The smallest absolute Gasteiger partial charge is 0.276 e. The molecule has 0 saturated carbocycles. The maximum atomic E-state index is 13.3. The van der Waals surface area contributed by atoms with Crippen LogP contribution in [0.3, 0.4) is 0 Å². The van der Waals surface area contributed by atoms with Crippen LogP contribution in [0.1, 0.15) is 56.1 Å². The average Bonchev–Trinajstić information content (AvgIpc) is 2.93. The maximum absolute atomic E-state index is 13.3. The van der Waals surface area contributed by atoms with Crippen molar-refractivity contribution in [3.8, 4) is 0 Å². The van der Waals surface area contributed by atoms with Gasteiger partial charge in [0.1, 0.15) is 35.0 Å². The van der Waals surface area contributed by atoms with Crippen molar-refractivity contribution in [2.75, 3.05) is 11.1 Å². The molecule has 1 aliphatic heterocycles. The van der Waals surface area contributed by atoms with Crippen LogP contribution in [-0.2, 0) is 12.1 Å². The summed E-state index contributed by atoms with van der Waals surface area (Å²) in [6.07, 6.45) is 3.94. The molecule has 144 valence electrons. The second kappa shape index (κ2) is 7.19. The first-order valence-electron chi connectivity index (χ1n) is 9.03. The Morgan fingerprint density at radius 2 is 2.04 bits per heavy atom. The number of nitrogen functional groups attached to an aromatic ring is 1. The Hall–Kier alpha value is -2.61. The highest BCUT2D eigenvalue weighted by Gasteiger charge is 2.43. The van der Waals surface area contributed by atoms with E-state index in [0.29, 0.717) is 36.5 Å². The van der Waals surface area contributed by atoms with E-state index in [9.17, 15) is 9.59 Å². The first kappa shape index (κ1) is 19.2. The average molecular weight is 391 g/mol. The highest BCUT2D eigenvalue weighted by molar-refractivity contribution is 6.34. The Morgan fingerprint density at radius 1 is 1.30 bits per heavy atom. The van der Waals surface area contributed by atoms with Gasteiger partial charge >= 0.3 is 0 Å². The molecule has 0 aromatic carbocycles. The highest BCUT2D eigenvalue weighted by atomic mass is 35.5. The summed E-state index contributed by atoms with van der Waals surface area (Å²) in [4.78, 5) is 33.9. The van der Waals surface area contributed by atoms with Gasteiger partial charge < -0.3 is 16.4 Å². The molecule has 2 aromatic rings. The number of carbonyl (C=O) groups is 1. The Labute approximate surface area is 162 Å². The van der Waals surface area contributed by atoms with E-state index in [1.54, 1.807) is 0 Å². The quantitative estimate of drug-likeness (QED) is 0.698. The number of anilines is 3. The van der Waals surface area contributed by atoms with Crippen LogP contribution in [0.2, 0.25) is 5.02 Å². The number of amides is 1. The van der Waals surface area contributed by atoms with Crippen LogP contribution in [0.25, 0.3) is 0 Å². The predicted octanol–water partition coefficient (Wildman–Crippen LogP) is 2.79. The number of carbonyl (C=O) groups excluding carboxylic acids is 1. The van der Waals surface area contributed by atoms with Crippen LogP contribution in [0, 0.1) is 0 Å². The Morgan fingerprint density at radius 3 is 2.67 bits per heavy atom. The van der Waals surface area contributed by atoms with Crippen molar-refractivity contribution in [3.63, 3.8) is 0 Å². The fraction of sp³-hybridized carbons (Fsp3) is 0.444. The maximum Gasteiger partial charge on any atom is 0.276 e. The standard InChI is InChI=1S/C18H23ClN6O2/c1-4-7-18(6-3)24-16(26)13-11(19)8-12(17(27)25(13)18)23-15-10(5-2)14(20)21-9-22-15/h8-9H,4-7H2,1-3H3,(H,24,26)(H3,20,21,22,23). The molecule has 27 heavy (non-hydrogen) atoms. The van der Waals surface area contributed by atoms with Gasteiger partial charge in [-0.2, -0.15) is 0 Å². The normalized spacial score (nSPS) is 18.3. The van der Waals surface area contributed by atoms with Crippen LogP contribution in [0.4, 0.5) is 17.3 Å². The minimum atomic E-state index is -0.780. The minimum Gasteiger partial charge on any atom is -0.383 e. The van der Waals surface area contributed by atoms with Gasteiger partial charge in [-0.25, -0.2) is 9.97 Å². The number of pyridine rings is 1. The highest BCUT2D eigenvalue weighted by Crippen LogP contribution is 2.34. The lowest BCUT2D eigenvalue weighted by Gasteiger charge is -2.30. The SMILES string of the molecule is CCCC1(CC)NC(=O)c2c(Cl)cc(Nc3ncnc(N)c3CC)c(=O)n21. The zero-order valence-corrected chi connectivity index (χ0v) is 16.4. The summed E-state index contributed by atoms with van der Waals surface area (Å²) < 4.78 is 1.49. The Balaban J connectivity index is 2.18. The van der Waals surface area contributed by atoms with E-state index < -0.39 is 5.66 Å². The van der Waals surface area contributed by atoms with E-state index in [4.69, 9.17) is 17.3 Å². The zero-order chi connectivity index (χ0) is 19.8. The summed E-state index contributed by atoms with van der Waals surface area (Å²) in [5.74, 6) is 0.473. The molecule has 0 bridgehead atoms. The monoisotopic (exact) mass is 390 g/mol. The predicted molar refractivity (Wildman–Crippen MR) is 105 cm³/mol. The number of aromatic nitrogens is 3. The van der Waals surface area contributed by atoms with Crippen molar-refractivity contribution in [1.82, 2.24) is 19.9 Å². The fourth-order valence-electron chi connectivity index (χ4n) is 3.64. The molecule has 8 nitrogen and oxygen atoms in total. The summed E-state index contributed by atoms with van der Waals surface area (Å²) >= 11 is 6.38. The molecule has 0 spiro atoms. The third kappa shape index (κ3) is 3.03. The third-order valence-corrected chi connectivity index (χ3v) is 5.27. The zero-order valence-electron chi connectivity index (χ0n) is 15.6. The van der Waals surface area contributed by atoms with Crippen molar-refractivity contribution < 1.29 is 4.79 Å². The molecule has 1 unspecified atom stereocenters. The molecule has 9 heteroatoms. The van der Waals surface area contributed by atoms with Gasteiger partial charge in [-0.1, -0.05) is 38.8 Å². The molecule has 0 aliphatic carbocycles. The fourth-order valence-corrected chi connectivity index (χ4v) is 3.92. The van der Waals surface area contributed by atoms with Crippen molar-refractivity contribution in [1.29, 1.82) is 0 Å². The molecule has 1 amide bonds. The van der Waals surface area contributed by atoms with Crippen LogP contribution in [-0.4, -0.2) is 20.4 Å². The Bertz CT molecular complexity index is 958. The van der Waals surface area contributed by atoms with Crippen molar-refractivity contribution in [2.24, 2.45) is 0 Å². The molecule has 2 aromatic heterocycles. The topological polar surface area (TPSA) is 115 Å². The molecular weight excluding hydrogens is 368 g/mol. The second-order valence-electron chi connectivity index (χ2n) is 6.55. The summed E-state index contributed by atoms with van der Waals surface area (Å²) in [6, 6.07) is 1.46. The number of nitrogens with zero attached hydrogens (tertiary/aromatic N) is 3. The summed E-state index contributed by atoms with van der Waals surface area (Å²) in [5, 5.41) is 6.20. The van der Waals surface area contributed by atoms with Gasteiger partial charge in [-0.3, -0.25) is 14.2 Å². The lowest BCUT2D eigenvalue weighted by Crippen LogP contribution is -2.47. The molecule has 3 heterocycles. The second-order valence-corrected chi connectivity index (χ2v) is 6.96. The lowest BCUT2D eigenvalue weighted by molar-refractivity contribution is 0.0905. The van der Waals surface area contributed by atoms with Gasteiger partial charge in [-0.15, -0.1) is 0 Å². The Kier molecular flexibility index (Phi) is 5.10. The van der Waals surface area contributed by atoms with Gasteiger partial charge in [0.05, 0.1) is 5.02 Å². The van der Waals surface area contributed by atoms with E-state index >= 15 is 0 Å². The van der Waals surface area contributed by atoms with Crippen molar-refractivity contribution in [2.45, 2.75) is 52.1 Å². The summed E-state index contributed by atoms with van der Waals surface area (Å²) in [5.41, 5.74) is 5.94. The number of halogens is 1. The van der Waals surface area contributed by atoms with Crippen molar-refractivity contribution >= 4 is 34.8 Å². The molecule has 1 aliphatic rings. The lowest BCUT2D eigenvalue weighted by atomic mass is 10.0. The molecule has 0 saturated heterocycles. The van der Waals surface area contributed by atoms with Crippen LogP contribution >= 0.6 is 11.6 Å². The molecular formula is C18H23ClN6O2. The van der Waals surface area contributed by atoms with E-state index in [-0.39, 0.29) is 27.9 Å². The number of hydrogen-bond donors (Lipinski definition) is 3. The van der Waals surface area contributed by atoms with E-state index in [1.807, 2.05) is 20.8 Å². The number of rotatable bonds is 6. The van der Waals surface area contributed by atoms with Crippen LogP contribution in [0.5, 0.6) is 0 Å². The molecule has 0 radical (unpaired) electrons. The minimum absolute atomic E-state index is 0.195. The van der Waals surface area contributed by atoms with Crippen LogP contribution < -0.4 is 21.9 Å².